The van der Waals surface area contributed by atoms with Gasteiger partial charge in [0.1, 0.15) is 6.10 Å². The Kier molecular flexibility index (Phi) is 4.21. The first-order chi connectivity index (χ1) is 18.2. The molecule has 1 saturated heterocycles. The summed E-state index contributed by atoms with van der Waals surface area (Å²) in [6, 6.07) is 6.02. The van der Waals surface area contributed by atoms with Crippen LogP contribution in [0, 0.1) is 16.0 Å². The molecule has 2 bridgehead atoms. The van der Waals surface area contributed by atoms with Crippen molar-refractivity contribution in [3.63, 3.8) is 0 Å². The topological polar surface area (TPSA) is 142 Å². The number of nitro benzene ring substituents is 1. The average Bonchev–Trinajstić information content (AvgIpc) is 3.56. The lowest BCUT2D eigenvalue weighted by atomic mass is 9.47. The Hall–Kier alpha value is -3.50. The van der Waals surface area contributed by atoms with Crippen LogP contribution in [-0.4, -0.2) is 62.7 Å². The molecular weight excluding hydrogens is 490 g/mol. The van der Waals surface area contributed by atoms with Crippen molar-refractivity contribution in [2.24, 2.45) is 5.92 Å². The second kappa shape index (κ2) is 7.12. The molecule has 3 aliphatic carbocycles. The van der Waals surface area contributed by atoms with E-state index in [-0.39, 0.29) is 34.2 Å². The highest BCUT2D eigenvalue weighted by atomic mass is 16.6. The molecule has 10 heteroatoms. The van der Waals surface area contributed by atoms with Crippen molar-refractivity contribution in [2.45, 2.75) is 67.6 Å². The first-order valence-corrected chi connectivity index (χ1v) is 13.4. The second-order valence-electron chi connectivity index (χ2n) is 11.9. The van der Waals surface area contributed by atoms with Gasteiger partial charge in [-0.05, 0) is 68.7 Å². The third-order valence-electron chi connectivity index (χ3n) is 10.3. The van der Waals surface area contributed by atoms with E-state index in [0.29, 0.717) is 37.4 Å². The fourth-order valence-electron chi connectivity index (χ4n) is 8.59. The summed E-state index contributed by atoms with van der Waals surface area (Å²) in [6.07, 6.45) is 3.62. The van der Waals surface area contributed by atoms with Crippen LogP contribution in [0.1, 0.15) is 75.4 Å². The maximum atomic E-state index is 12.9. The molecule has 1 spiro atoms. The first-order valence-electron chi connectivity index (χ1n) is 13.4. The normalized spacial score (nSPS) is 34.4. The van der Waals surface area contributed by atoms with Crippen molar-refractivity contribution in [3.8, 4) is 11.5 Å². The van der Waals surface area contributed by atoms with Crippen molar-refractivity contribution in [3.05, 3.63) is 62.2 Å². The van der Waals surface area contributed by atoms with Crippen LogP contribution >= 0.6 is 0 Å². The fraction of sp³-hybridized carbons (Fsp3) is 0.500. The van der Waals surface area contributed by atoms with E-state index in [1.54, 1.807) is 6.07 Å². The van der Waals surface area contributed by atoms with Crippen molar-refractivity contribution >= 4 is 17.5 Å². The molecule has 2 aromatic carbocycles. The van der Waals surface area contributed by atoms with Gasteiger partial charge in [-0.3, -0.25) is 29.9 Å². The molecular formula is C28H27N3O7. The highest BCUT2D eigenvalue weighted by molar-refractivity contribution is 6.22. The van der Waals surface area contributed by atoms with Gasteiger partial charge < -0.3 is 14.9 Å². The van der Waals surface area contributed by atoms with Crippen LogP contribution < -0.4 is 10.1 Å². The maximum absolute atomic E-state index is 12.9. The number of phenolic OH excluding ortho intramolecular Hbond substituents is 1. The number of nitrogens with one attached hydrogen (secondary N) is 1. The SMILES string of the molecule is O=C1NC(=O)c2c1ccc([N+](=O)[O-])c2[C@@H]1CC[C@@]2(O)[C@H]3Cc4ccc(O)c5c4[C@@]2(CCN3CC2CC2)[C@H]1O5. The smallest absolute Gasteiger partial charge is 0.273 e. The number of carbonyl (C=O) groups is 2. The molecule has 3 heterocycles. The summed E-state index contributed by atoms with van der Waals surface area (Å²) in [5, 5.41) is 38.0. The van der Waals surface area contributed by atoms with Crippen LogP contribution in [0.4, 0.5) is 5.69 Å². The van der Waals surface area contributed by atoms with Gasteiger partial charge in [-0.15, -0.1) is 0 Å². The van der Waals surface area contributed by atoms with E-state index in [1.807, 2.05) is 6.07 Å². The second-order valence-corrected chi connectivity index (χ2v) is 11.9. The minimum atomic E-state index is -1.15. The van der Waals surface area contributed by atoms with Crippen LogP contribution in [0.3, 0.4) is 0 Å². The Morgan fingerprint density at radius 3 is 2.71 bits per heavy atom. The van der Waals surface area contributed by atoms with E-state index in [9.17, 15) is 29.9 Å². The van der Waals surface area contributed by atoms with E-state index in [0.717, 1.165) is 24.2 Å². The number of ether oxygens (including phenoxy) is 1. The van der Waals surface area contributed by atoms with Gasteiger partial charge in [0.2, 0.25) is 0 Å². The number of benzene rings is 2. The van der Waals surface area contributed by atoms with Gasteiger partial charge in [-0.25, -0.2) is 0 Å². The zero-order valence-electron chi connectivity index (χ0n) is 20.6. The van der Waals surface area contributed by atoms with Gasteiger partial charge in [0.05, 0.1) is 32.6 Å². The number of hydrogen-bond acceptors (Lipinski definition) is 8. The molecule has 38 heavy (non-hydrogen) atoms. The Morgan fingerprint density at radius 2 is 1.95 bits per heavy atom. The number of amides is 2. The number of fused-ring (bicyclic) bond motifs is 1. The van der Waals surface area contributed by atoms with Crippen LogP contribution in [-0.2, 0) is 11.8 Å². The predicted molar refractivity (Wildman–Crippen MR) is 132 cm³/mol. The quantitative estimate of drug-likeness (QED) is 0.319. The summed E-state index contributed by atoms with van der Waals surface area (Å²) in [6.45, 7) is 1.69. The number of rotatable bonds is 4. The first kappa shape index (κ1) is 22.5. The zero-order valence-corrected chi connectivity index (χ0v) is 20.6. The minimum absolute atomic E-state index is 0.0202. The lowest BCUT2D eigenvalue weighted by Crippen LogP contribution is -2.76. The third kappa shape index (κ3) is 2.55. The van der Waals surface area contributed by atoms with Crippen molar-refractivity contribution < 1.29 is 29.5 Å². The molecule has 0 aromatic heterocycles. The number of imide groups is 1. The van der Waals surface area contributed by atoms with E-state index >= 15 is 0 Å². The summed E-state index contributed by atoms with van der Waals surface area (Å²) < 4.78 is 6.56. The third-order valence-corrected chi connectivity index (χ3v) is 10.3. The molecule has 0 radical (unpaired) electrons. The van der Waals surface area contributed by atoms with Gasteiger partial charge in [0, 0.05) is 30.1 Å². The number of nitrogens with zero attached hydrogens (tertiary/aromatic N) is 2. The Balaban J connectivity index is 1.35. The molecule has 2 saturated carbocycles. The molecule has 0 unspecified atom stereocenters. The Morgan fingerprint density at radius 1 is 1.13 bits per heavy atom. The molecule has 6 aliphatic rings. The van der Waals surface area contributed by atoms with Crippen LogP contribution in [0.2, 0.25) is 0 Å². The molecule has 3 aliphatic heterocycles. The number of aliphatic hydroxyl groups is 1. The molecule has 3 fully saturated rings. The highest BCUT2D eigenvalue weighted by Crippen LogP contribution is 2.68. The lowest BCUT2D eigenvalue weighted by molar-refractivity contribution is -0.386. The molecule has 196 valence electrons. The molecule has 2 aromatic rings. The van der Waals surface area contributed by atoms with E-state index in [1.165, 1.54) is 25.0 Å². The highest BCUT2D eigenvalue weighted by Gasteiger charge is 2.73. The number of likely N-dealkylation sites (tertiary alicyclic amines) is 1. The van der Waals surface area contributed by atoms with Crippen molar-refractivity contribution in [1.29, 1.82) is 0 Å². The monoisotopic (exact) mass is 517 g/mol. The van der Waals surface area contributed by atoms with E-state index in [4.69, 9.17) is 4.74 Å². The van der Waals surface area contributed by atoms with Crippen LogP contribution in [0.15, 0.2) is 24.3 Å². The van der Waals surface area contributed by atoms with Crippen molar-refractivity contribution in [2.75, 3.05) is 13.1 Å². The number of carbonyl (C=O) groups excluding carboxylic acids is 2. The standard InChI is InChI=1S/C28H27N3O7/c32-18-6-3-14-11-19-28(35)8-7-15(20-17(31(36)37)5-4-16-21(20)26(34)29-25(16)33)24-27(28,22(14)23(18)38-24)9-10-30(19)12-13-1-2-13/h3-6,13,15,19,24,32,35H,1-2,7-12H2,(H,29,33,34)/t15-,19+,24-,27-,28+/m0/s1. The van der Waals surface area contributed by atoms with Gasteiger partial charge in [-0.1, -0.05) is 6.07 Å². The van der Waals surface area contributed by atoms with Crippen LogP contribution in [0.5, 0.6) is 11.5 Å². The summed E-state index contributed by atoms with van der Waals surface area (Å²) in [5.41, 5.74) is -0.107. The molecule has 3 N–H and O–H groups in total. The lowest BCUT2D eigenvalue weighted by Gasteiger charge is -2.64. The molecule has 8 rings (SSSR count). The van der Waals surface area contributed by atoms with Crippen molar-refractivity contribution in [1.82, 2.24) is 10.2 Å². The summed E-state index contributed by atoms with van der Waals surface area (Å²) in [4.78, 5) is 39.6. The number of piperidine rings is 1. The molecule has 10 nitrogen and oxygen atoms in total. The number of nitro groups is 1. The zero-order chi connectivity index (χ0) is 26.1. The average molecular weight is 518 g/mol. The summed E-state index contributed by atoms with van der Waals surface area (Å²) in [5.74, 6) is -0.885. The summed E-state index contributed by atoms with van der Waals surface area (Å²) in [7, 11) is 0. The maximum Gasteiger partial charge on any atom is 0.273 e. The van der Waals surface area contributed by atoms with E-state index < -0.39 is 39.8 Å². The number of hydrogen-bond donors (Lipinski definition) is 3. The fourth-order valence-corrected chi connectivity index (χ4v) is 8.59. The van der Waals surface area contributed by atoms with E-state index in [2.05, 4.69) is 10.2 Å². The van der Waals surface area contributed by atoms with Gasteiger partial charge in [-0.2, -0.15) is 0 Å². The largest absolute Gasteiger partial charge is 0.504 e. The number of phenols is 1. The van der Waals surface area contributed by atoms with Gasteiger partial charge in [0.15, 0.2) is 11.5 Å². The Bertz CT molecular complexity index is 1490. The Labute approximate surface area is 217 Å². The summed E-state index contributed by atoms with van der Waals surface area (Å²) >= 11 is 0. The molecule has 2 amide bonds. The minimum Gasteiger partial charge on any atom is -0.504 e. The van der Waals surface area contributed by atoms with Crippen LogP contribution in [0.25, 0.3) is 0 Å². The number of aromatic hydroxyl groups is 1. The molecule has 5 atom stereocenters. The van der Waals surface area contributed by atoms with Gasteiger partial charge in [0.25, 0.3) is 17.5 Å². The predicted octanol–water partition coefficient (Wildman–Crippen LogP) is 2.53. The van der Waals surface area contributed by atoms with Gasteiger partial charge >= 0.3 is 0 Å².